The van der Waals surface area contributed by atoms with Crippen LogP contribution in [0, 0.1) is 11.6 Å². The molecule has 0 aliphatic rings. The van der Waals surface area contributed by atoms with E-state index >= 15 is 0 Å². The maximum absolute atomic E-state index is 14.1. The van der Waals surface area contributed by atoms with Gasteiger partial charge in [-0.2, -0.15) is 0 Å². The first-order valence-electron chi connectivity index (χ1n) is 8.62. The number of Topliss-reactive ketones (excluding diaryl/α,β-unsaturated/α-hetero) is 1. The van der Waals surface area contributed by atoms with Crippen molar-refractivity contribution in [3.05, 3.63) is 83.2 Å². The average Bonchev–Trinajstić information content (AvgIpc) is 3.11. The van der Waals surface area contributed by atoms with Crippen LogP contribution in [-0.2, 0) is 6.42 Å². The van der Waals surface area contributed by atoms with Crippen molar-refractivity contribution in [2.45, 2.75) is 12.8 Å². The number of aromatic amines is 1. The van der Waals surface area contributed by atoms with Crippen molar-refractivity contribution in [1.29, 1.82) is 0 Å². The summed E-state index contributed by atoms with van der Waals surface area (Å²) in [7, 11) is 0. The molecule has 4 rings (SSSR count). The number of alkyl halides is 2. The molecule has 4 aromatic rings. The number of halogens is 4. The molecule has 1 N–H and O–H groups in total. The maximum atomic E-state index is 14.1. The van der Waals surface area contributed by atoms with Gasteiger partial charge in [0.1, 0.15) is 17.5 Å². The van der Waals surface area contributed by atoms with Gasteiger partial charge in [-0.3, -0.25) is 9.78 Å². The molecule has 0 amide bonds. The first-order chi connectivity index (χ1) is 13.9. The van der Waals surface area contributed by atoms with Gasteiger partial charge < -0.3 is 4.98 Å². The van der Waals surface area contributed by atoms with Crippen LogP contribution in [0.2, 0.25) is 0 Å². The number of carbonyl (C=O) groups is 1. The van der Waals surface area contributed by atoms with Gasteiger partial charge in [0.05, 0.1) is 17.5 Å². The molecule has 8 heteroatoms. The Balaban J connectivity index is 1.82. The number of aromatic nitrogens is 3. The molecule has 0 saturated carbocycles. The molecule has 0 aliphatic carbocycles. The fraction of sp³-hybridized carbons (Fsp3) is 0.0952. The predicted molar refractivity (Wildman–Crippen MR) is 98.7 cm³/mol. The van der Waals surface area contributed by atoms with Gasteiger partial charge in [-0.25, -0.2) is 22.5 Å². The van der Waals surface area contributed by atoms with E-state index < -0.39 is 29.4 Å². The fourth-order valence-electron chi connectivity index (χ4n) is 3.11. The fourth-order valence-corrected chi connectivity index (χ4v) is 3.11. The maximum Gasteiger partial charge on any atom is 0.264 e. The van der Waals surface area contributed by atoms with Crippen molar-refractivity contribution in [1.82, 2.24) is 15.0 Å². The highest BCUT2D eigenvalue weighted by molar-refractivity contribution is 6.07. The summed E-state index contributed by atoms with van der Waals surface area (Å²) in [6.07, 6.45) is -1.41. The normalized spacial score (nSPS) is 11.3. The van der Waals surface area contributed by atoms with Crippen molar-refractivity contribution >= 4 is 16.8 Å². The van der Waals surface area contributed by atoms with E-state index in [1.807, 2.05) is 0 Å². The minimum atomic E-state index is -2.86. The molecule has 146 valence electrons. The molecule has 0 unspecified atom stereocenters. The van der Waals surface area contributed by atoms with Gasteiger partial charge in [0.15, 0.2) is 5.78 Å². The van der Waals surface area contributed by atoms with Crippen LogP contribution in [-0.4, -0.2) is 20.7 Å². The predicted octanol–water partition coefficient (Wildman–Crippen LogP) is 5.27. The third kappa shape index (κ3) is 3.73. The third-order valence-electron chi connectivity index (χ3n) is 4.43. The summed E-state index contributed by atoms with van der Waals surface area (Å²) in [5.74, 6) is -1.92. The summed E-state index contributed by atoms with van der Waals surface area (Å²) >= 11 is 0. The average molecular weight is 399 g/mol. The molecule has 0 atom stereocenters. The monoisotopic (exact) mass is 399 g/mol. The quantitative estimate of drug-likeness (QED) is 0.368. The lowest BCUT2D eigenvalue weighted by Gasteiger charge is -2.06. The summed E-state index contributed by atoms with van der Waals surface area (Å²) in [5.41, 5.74) is 0.173. The molecule has 29 heavy (non-hydrogen) atoms. The number of nitrogens with zero attached hydrogens (tertiary/aromatic N) is 2. The molecular formula is C21H13F4N3O. The topological polar surface area (TPSA) is 58.6 Å². The Bertz CT molecular complexity index is 1210. The number of benzene rings is 2. The zero-order valence-electron chi connectivity index (χ0n) is 14.8. The molecule has 0 radical (unpaired) electrons. The first kappa shape index (κ1) is 18.8. The number of hydrogen-bond acceptors (Lipinski definition) is 3. The second kappa shape index (κ2) is 7.46. The highest BCUT2D eigenvalue weighted by atomic mass is 19.3. The Labute approximate surface area is 162 Å². The summed E-state index contributed by atoms with van der Waals surface area (Å²) < 4.78 is 54.4. The molecule has 2 aromatic carbocycles. The minimum Gasteiger partial charge on any atom is -0.338 e. The highest BCUT2D eigenvalue weighted by Crippen LogP contribution is 2.32. The molecule has 0 bridgehead atoms. The number of imidazole rings is 1. The van der Waals surface area contributed by atoms with E-state index in [0.29, 0.717) is 5.69 Å². The van der Waals surface area contributed by atoms with Gasteiger partial charge in [-0.15, -0.1) is 0 Å². The molecule has 0 fully saturated rings. The molecule has 0 spiro atoms. The van der Waals surface area contributed by atoms with Crippen molar-refractivity contribution in [2.75, 3.05) is 0 Å². The number of ketones is 1. The van der Waals surface area contributed by atoms with Gasteiger partial charge >= 0.3 is 0 Å². The number of hydrogen-bond donors (Lipinski definition) is 1. The number of fused-ring (bicyclic) bond motifs is 1. The lowest BCUT2D eigenvalue weighted by molar-refractivity contribution is 0.0993. The molecule has 2 aromatic heterocycles. The second-order valence-corrected chi connectivity index (χ2v) is 6.39. The van der Waals surface area contributed by atoms with Crippen molar-refractivity contribution in [3.8, 4) is 11.4 Å². The summed E-state index contributed by atoms with van der Waals surface area (Å²) in [4.78, 5) is 23.7. The first-order valence-corrected chi connectivity index (χ1v) is 8.62. The lowest BCUT2D eigenvalue weighted by Crippen LogP contribution is -2.06. The molecule has 0 saturated heterocycles. The molecular weight excluding hydrogens is 386 g/mol. The van der Waals surface area contributed by atoms with E-state index in [4.69, 9.17) is 0 Å². The van der Waals surface area contributed by atoms with E-state index in [1.165, 1.54) is 6.20 Å². The molecule has 2 heterocycles. The Morgan fingerprint density at radius 3 is 2.59 bits per heavy atom. The SMILES string of the molecule is O=C(Cc1ccccn1)c1cc(F)cc2[nH]c(-c3cc(F)ccc3C(F)F)nc12. The van der Waals surface area contributed by atoms with E-state index in [0.717, 1.165) is 30.3 Å². The van der Waals surface area contributed by atoms with Crippen LogP contribution in [0.25, 0.3) is 22.4 Å². The number of rotatable bonds is 5. The van der Waals surface area contributed by atoms with Crippen molar-refractivity contribution < 1.29 is 22.4 Å². The Morgan fingerprint density at radius 1 is 1.03 bits per heavy atom. The lowest BCUT2D eigenvalue weighted by atomic mass is 10.0. The van der Waals surface area contributed by atoms with E-state index in [-0.39, 0.29) is 34.4 Å². The van der Waals surface area contributed by atoms with Crippen LogP contribution >= 0.6 is 0 Å². The standard InChI is InChI=1S/C21H13F4N3O/c22-11-4-5-14(20(24)25)15(7-11)21-27-17-9-12(23)8-16(19(17)28-21)18(29)10-13-3-1-2-6-26-13/h1-9,20H,10H2,(H,27,28). The Hall–Kier alpha value is -3.55. The van der Waals surface area contributed by atoms with Crippen LogP contribution in [0.5, 0.6) is 0 Å². The van der Waals surface area contributed by atoms with Gasteiger partial charge in [0, 0.05) is 28.6 Å². The van der Waals surface area contributed by atoms with Crippen LogP contribution in [0.3, 0.4) is 0 Å². The minimum absolute atomic E-state index is 0.0110. The van der Waals surface area contributed by atoms with Crippen LogP contribution in [0.1, 0.15) is 28.0 Å². The molecule has 4 nitrogen and oxygen atoms in total. The van der Waals surface area contributed by atoms with Gasteiger partial charge in [-0.1, -0.05) is 6.07 Å². The van der Waals surface area contributed by atoms with Crippen LogP contribution in [0.15, 0.2) is 54.7 Å². The number of pyridine rings is 1. The second-order valence-electron chi connectivity index (χ2n) is 6.39. The Kier molecular flexibility index (Phi) is 4.84. The summed E-state index contributed by atoms with van der Waals surface area (Å²) in [6.45, 7) is 0. The Morgan fingerprint density at radius 2 is 1.86 bits per heavy atom. The smallest absolute Gasteiger partial charge is 0.264 e. The number of H-pyrrole nitrogens is 1. The number of carbonyl (C=O) groups excluding carboxylic acids is 1. The van der Waals surface area contributed by atoms with Crippen molar-refractivity contribution in [3.63, 3.8) is 0 Å². The van der Waals surface area contributed by atoms with E-state index in [2.05, 4.69) is 15.0 Å². The third-order valence-corrected chi connectivity index (χ3v) is 4.43. The highest BCUT2D eigenvalue weighted by Gasteiger charge is 2.21. The largest absolute Gasteiger partial charge is 0.338 e. The van der Waals surface area contributed by atoms with Gasteiger partial charge in [0.2, 0.25) is 0 Å². The molecule has 0 aliphatic heterocycles. The number of nitrogens with one attached hydrogen (secondary N) is 1. The van der Waals surface area contributed by atoms with Gasteiger partial charge in [0.25, 0.3) is 6.43 Å². The summed E-state index contributed by atoms with van der Waals surface area (Å²) in [6, 6.07) is 10.0. The van der Waals surface area contributed by atoms with Crippen molar-refractivity contribution in [2.24, 2.45) is 0 Å². The van der Waals surface area contributed by atoms with Crippen LogP contribution < -0.4 is 0 Å². The summed E-state index contributed by atoms with van der Waals surface area (Å²) in [5, 5.41) is 0. The van der Waals surface area contributed by atoms with Crippen LogP contribution in [0.4, 0.5) is 17.6 Å². The van der Waals surface area contributed by atoms with E-state index in [9.17, 15) is 22.4 Å². The zero-order valence-corrected chi connectivity index (χ0v) is 14.8. The zero-order chi connectivity index (χ0) is 20.5. The van der Waals surface area contributed by atoms with E-state index in [1.54, 1.807) is 18.2 Å². The van der Waals surface area contributed by atoms with Gasteiger partial charge in [-0.05, 0) is 42.5 Å².